The third-order valence-electron chi connectivity index (χ3n) is 2.59. The number of aromatic nitrogens is 3. The van der Waals surface area contributed by atoms with Crippen LogP contribution in [0.2, 0.25) is 0 Å². The first-order valence-corrected chi connectivity index (χ1v) is 6.15. The van der Waals surface area contributed by atoms with Gasteiger partial charge in [0.1, 0.15) is 5.69 Å². The molecule has 0 bridgehead atoms. The molecule has 5 heteroatoms. The van der Waals surface area contributed by atoms with E-state index in [2.05, 4.69) is 15.2 Å². The van der Waals surface area contributed by atoms with Gasteiger partial charge >= 0.3 is 0 Å². The van der Waals surface area contributed by atoms with Crippen LogP contribution in [0.1, 0.15) is 5.89 Å². The predicted octanol–water partition coefficient (Wildman–Crippen LogP) is 3.07. The van der Waals surface area contributed by atoms with Crippen LogP contribution in [-0.2, 0) is 6.42 Å². The molecule has 0 saturated carbocycles. The summed E-state index contributed by atoms with van der Waals surface area (Å²) in [6, 6.07) is 11.8. The van der Waals surface area contributed by atoms with E-state index in [0.29, 0.717) is 29.8 Å². The Bertz CT molecular complexity index is 681. The Hall–Kier alpha value is -1.94. The van der Waals surface area contributed by atoms with Gasteiger partial charge in [-0.3, -0.25) is 0 Å². The molecule has 0 aliphatic rings. The second-order valence-corrected chi connectivity index (χ2v) is 4.21. The Kier molecular flexibility index (Phi) is 2.94. The summed E-state index contributed by atoms with van der Waals surface area (Å²) in [5.41, 5.74) is 1.59. The van der Waals surface area contributed by atoms with Crippen molar-refractivity contribution in [3.05, 3.63) is 42.3 Å². The van der Waals surface area contributed by atoms with Crippen LogP contribution in [0.15, 0.2) is 40.8 Å². The summed E-state index contributed by atoms with van der Waals surface area (Å²) in [6.07, 6.45) is 0.572. The van der Waals surface area contributed by atoms with Crippen molar-refractivity contribution < 1.29 is 4.42 Å². The van der Waals surface area contributed by atoms with Crippen molar-refractivity contribution in [1.29, 1.82) is 0 Å². The zero-order valence-corrected chi connectivity index (χ0v) is 10.3. The topological polar surface area (TPSA) is 51.8 Å². The van der Waals surface area contributed by atoms with Gasteiger partial charge in [0.25, 0.3) is 5.89 Å². The maximum Gasteiger partial charge on any atom is 0.266 e. The SMILES string of the molecule is ClCCc1nnc(-c2ccc3ccccc3n2)o1. The number of hydrogen-bond donors (Lipinski definition) is 0. The van der Waals surface area contributed by atoms with Crippen LogP contribution in [-0.4, -0.2) is 21.1 Å². The summed E-state index contributed by atoms with van der Waals surface area (Å²) in [7, 11) is 0. The minimum Gasteiger partial charge on any atom is -0.419 e. The third-order valence-corrected chi connectivity index (χ3v) is 2.78. The number of alkyl halides is 1. The molecule has 2 heterocycles. The Labute approximate surface area is 109 Å². The Balaban J connectivity index is 2.02. The maximum absolute atomic E-state index is 5.63. The number of fused-ring (bicyclic) bond motifs is 1. The molecule has 0 fully saturated rings. The van der Waals surface area contributed by atoms with Gasteiger partial charge in [-0.25, -0.2) is 4.98 Å². The lowest BCUT2D eigenvalue weighted by molar-refractivity contribution is 0.512. The van der Waals surface area contributed by atoms with Crippen molar-refractivity contribution in [2.45, 2.75) is 6.42 Å². The van der Waals surface area contributed by atoms with E-state index < -0.39 is 0 Å². The number of hydrogen-bond acceptors (Lipinski definition) is 4. The van der Waals surface area contributed by atoms with E-state index in [1.807, 2.05) is 36.4 Å². The first-order chi connectivity index (χ1) is 8.86. The second kappa shape index (κ2) is 4.74. The monoisotopic (exact) mass is 259 g/mol. The number of aryl methyl sites for hydroxylation is 1. The van der Waals surface area contributed by atoms with Gasteiger partial charge in [-0.15, -0.1) is 21.8 Å². The molecule has 0 N–H and O–H groups in total. The molecule has 0 radical (unpaired) electrons. The average Bonchev–Trinajstić information content (AvgIpc) is 2.87. The van der Waals surface area contributed by atoms with E-state index in [4.69, 9.17) is 16.0 Å². The molecule has 3 rings (SSSR count). The molecule has 0 atom stereocenters. The third kappa shape index (κ3) is 2.07. The van der Waals surface area contributed by atoms with Gasteiger partial charge in [0.05, 0.1) is 5.52 Å². The molecule has 0 spiro atoms. The molecule has 0 unspecified atom stereocenters. The summed E-state index contributed by atoms with van der Waals surface area (Å²) in [6.45, 7) is 0. The first-order valence-electron chi connectivity index (χ1n) is 5.61. The van der Waals surface area contributed by atoms with Crippen molar-refractivity contribution in [2.24, 2.45) is 0 Å². The normalized spacial score (nSPS) is 10.9. The molecule has 1 aromatic carbocycles. The van der Waals surface area contributed by atoms with Crippen LogP contribution >= 0.6 is 11.6 Å². The highest BCUT2D eigenvalue weighted by Gasteiger charge is 2.09. The highest BCUT2D eigenvalue weighted by Crippen LogP contribution is 2.19. The van der Waals surface area contributed by atoms with Crippen LogP contribution in [0, 0.1) is 0 Å². The Morgan fingerprint density at radius 1 is 1.06 bits per heavy atom. The molecular weight excluding hydrogens is 250 g/mol. The van der Waals surface area contributed by atoms with E-state index in [0.717, 1.165) is 10.9 Å². The largest absolute Gasteiger partial charge is 0.419 e. The highest BCUT2D eigenvalue weighted by molar-refractivity contribution is 6.17. The zero-order chi connectivity index (χ0) is 12.4. The van der Waals surface area contributed by atoms with Crippen molar-refractivity contribution >= 4 is 22.5 Å². The quantitative estimate of drug-likeness (QED) is 0.679. The van der Waals surface area contributed by atoms with Crippen LogP contribution in [0.5, 0.6) is 0 Å². The minimum absolute atomic E-state index is 0.431. The number of para-hydroxylation sites is 1. The molecule has 0 aliphatic carbocycles. The van der Waals surface area contributed by atoms with Gasteiger partial charge in [0.2, 0.25) is 5.89 Å². The summed E-state index contributed by atoms with van der Waals surface area (Å²) in [4.78, 5) is 4.49. The number of halogens is 1. The number of rotatable bonds is 3. The second-order valence-electron chi connectivity index (χ2n) is 3.83. The summed E-state index contributed by atoms with van der Waals surface area (Å²) in [5, 5.41) is 8.98. The smallest absolute Gasteiger partial charge is 0.266 e. The van der Waals surface area contributed by atoms with Crippen LogP contribution in [0.3, 0.4) is 0 Å². The molecular formula is C13H10ClN3O. The summed E-state index contributed by atoms with van der Waals surface area (Å²) < 4.78 is 5.49. The van der Waals surface area contributed by atoms with Crippen molar-refractivity contribution in [3.63, 3.8) is 0 Å². The minimum atomic E-state index is 0.431. The van der Waals surface area contributed by atoms with Gasteiger partial charge in [0.15, 0.2) is 0 Å². The van der Waals surface area contributed by atoms with Gasteiger partial charge in [-0.05, 0) is 12.1 Å². The predicted molar refractivity (Wildman–Crippen MR) is 69.5 cm³/mol. The van der Waals surface area contributed by atoms with Crippen LogP contribution in [0.4, 0.5) is 0 Å². The summed E-state index contributed by atoms with van der Waals surface area (Å²) in [5.74, 6) is 1.43. The van der Waals surface area contributed by atoms with Crippen molar-refractivity contribution in [1.82, 2.24) is 15.2 Å². The highest BCUT2D eigenvalue weighted by atomic mass is 35.5. The molecule has 90 valence electrons. The van der Waals surface area contributed by atoms with E-state index in [1.165, 1.54) is 0 Å². The van der Waals surface area contributed by atoms with Crippen molar-refractivity contribution in [3.8, 4) is 11.6 Å². The zero-order valence-electron chi connectivity index (χ0n) is 9.51. The van der Waals surface area contributed by atoms with E-state index in [-0.39, 0.29) is 0 Å². The lowest BCUT2D eigenvalue weighted by Gasteiger charge is -1.98. The van der Waals surface area contributed by atoms with E-state index in [9.17, 15) is 0 Å². The van der Waals surface area contributed by atoms with Gasteiger partial charge < -0.3 is 4.42 Å². The number of nitrogens with zero attached hydrogens (tertiary/aromatic N) is 3. The van der Waals surface area contributed by atoms with E-state index in [1.54, 1.807) is 0 Å². The van der Waals surface area contributed by atoms with Crippen molar-refractivity contribution in [2.75, 3.05) is 5.88 Å². The average molecular weight is 260 g/mol. The van der Waals surface area contributed by atoms with Gasteiger partial charge in [-0.2, -0.15) is 0 Å². The number of pyridine rings is 1. The fraction of sp³-hybridized carbons (Fsp3) is 0.154. The number of benzene rings is 1. The fourth-order valence-electron chi connectivity index (χ4n) is 1.72. The van der Waals surface area contributed by atoms with Crippen LogP contribution in [0.25, 0.3) is 22.5 Å². The fourth-order valence-corrected chi connectivity index (χ4v) is 1.89. The van der Waals surface area contributed by atoms with Gasteiger partial charge in [-0.1, -0.05) is 24.3 Å². The molecule has 4 nitrogen and oxygen atoms in total. The standard InChI is InChI=1S/C13H10ClN3O/c14-8-7-12-16-17-13(18-12)11-6-5-9-3-1-2-4-10(9)15-11/h1-6H,7-8H2. The molecule has 0 saturated heterocycles. The van der Waals surface area contributed by atoms with Crippen LogP contribution < -0.4 is 0 Å². The summed E-state index contributed by atoms with van der Waals surface area (Å²) >= 11 is 5.63. The Morgan fingerprint density at radius 3 is 2.83 bits per heavy atom. The molecule has 0 amide bonds. The van der Waals surface area contributed by atoms with Gasteiger partial charge in [0, 0.05) is 17.7 Å². The molecule has 2 aromatic heterocycles. The molecule has 0 aliphatic heterocycles. The maximum atomic E-state index is 5.63. The lowest BCUT2D eigenvalue weighted by atomic mass is 10.2. The molecule has 18 heavy (non-hydrogen) atoms. The van der Waals surface area contributed by atoms with E-state index >= 15 is 0 Å². The lowest BCUT2D eigenvalue weighted by Crippen LogP contribution is -1.85. The Morgan fingerprint density at radius 2 is 1.94 bits per heavy atom. The molecule has 3 aromatic rings. The first kappa shape index (κ1) is 11.2.